The van der Waals surface area contributed by atoms with Crippen LogP contribution in [-0.4, -0.2) is 56.5 Å². The van der Waals surface area contributed by atoms with Gasteiger partial charge in [-0.25, -0.2) is 4.52 Å². The predicted molar refractivity (Wildman–Crippen MR) is 81.7 cm³/mol. The van der Waals surface area contributed by atoms with Gasteiger partial charge in [0.05, 0.1) is 36.2 Å². The lowest BCUT2D eigenvalue weighted by Crippen LogP contribution is -2.41. The SMILES string of the molecule is O=C(c1cnn2ccncc12)N1CCC(OCCBr)CC1. The Balaban J connectivity index is 1.67. The van der Waals surface area contributed by atoms with Crippen molar-refractivity contribution < 1.29 is 9.53 Å². The van der Waals surface area contributed by atoms with Crippen molar-refractivity contribution in [3.8, 4) is 0 Å². The van der Waals surface area contributed by atoms with Crippen LogP contribution in [0.15, 0.2) is 24.8 Å². The average Bonchev–Trinajstić information content (AvgIpc) is 2.97. The highest BCUT2D eigenvalue weighted by Crippen LogP contribution is 2.18. The molecule has 6 nitrogen and oxygen atoms in total. The number of piperidine rings is 1. The van der Waals surface area contributed by atoms with E-state index in [9.17, 15) is 4.79 Å². The lowest BCUT2D eigenvalue weighted by Gasteiger charge is -2.31. The largest absolute Gasteiger partial charge is 0.377 e. The van der Waals surface area contributed by atoms with Gasteiger partial charge >= 0.3 is 0 Å². The van der Waals surface area contributed by atoms with E-state index in [4.69, 9.17) is 4.74 Å². The molecule has 0 bridgehead atoms. The van der Waals surface area contributed by atoms with Gasteiger partial charge in [0.15, 0.2) is 0 Å². The topological polar surface area (TPSA) is 59.7 Å². The van der Waals surface area contributed by atoms with Crippen molar-refractivity contribution in [2.24, 2.45) is 0 Å². The molecule has 0 aromatic carbocycles. The van der Waals surface area contributed by atoms with Crippen molar-refractivity contribution >= 4 is 27.4 Å². The van der Waals surface area contributed by atoms with E-state index >= 15 is 0 Å². The van der Waals surface area contributed by atoms with E-state index in [1.165, 1.54) is 0 Å². The highest BCUT2D eigenvalue weighted by Gasteiger charge is 2.25. The van der Waals surface area contributed by atoms with Gasteiger partial charge in [-0.15, -0.1) is 0 Å². The fourth-order valence-electron chi connectivity index (χ4n) is 2.61. The highest BCUT2D eigenvalue weighted by molar-refractivity contribution is 9.09. The van der Waals surface area contributed by atoms with Crippen molar-refractivity contribution in [3.63, 3.8) is 0 Å². The number of likely N-dealkylation sites (tertiary alicyclic amines) is 1. The van der Waals surface area contributed by atoms with E-state index < -0.39 is 0 Å². The zero-order valence-electron chi connectivity index (χ0n) is 11.6. The van der Waals surface area contributed by atoms with E-state index in [2.05, 4.69) is 26.0 Å². The minimum Gasteiger partial charge on any atom is -0.377 e. The molecule has 1 amide bonds. The number of hydrogen-bond donors (Lipinski definition) is 0. The first-order valence-electron chi connectivity index (χ1n) is 7.04. The monoisotopic (exact) mass is 352 g/mol. The first-order valence-corrected chi connectivity index (χ1v) is 8.16. The molecule has 2 aromatic heterocycles. The summed E-state index contributed by atoms with van der Waals surface area (Å²) in [5.41, 5.74) is 1.36. The van der Waals surface area contributed by atoms with Crippen LogP contribution in [0, 0.1) is 0 Å². The van der Waals surface area contributed by atoms with Gasteiger partial charge in [-0.05, 0) is 12.8 Å². The molecule has 0 unspecified atom stereocenters. The summed E-state index contributed by atoms with van der Waals surface area (Å²) < 4.78 is 7.38. The molecule has 0 atom stereocenters. The Morgan fingerprint density at radius 1 is 1.38 bits per heavy atom. The second-order valence-electron chi connectivity index (χ2n) is 5.02. The van der Waals surface area contributed by atoms with Gasteiger partial charge in [0.25, 0.3) is 5.91 Å². The van der Waals surface area contributed by atoms with Gasteiger partial charge in [-0.2, -0.15) is 5.10 Å². The number of alkyl halides is 1. The summed E-state index contributed by atoms with van der Waals surface area (Å²) in [6.07, 6.45) is 8.72. The molecule has 7 heteroatoms. The zero-order valence-corrected chi connectivity index (χ0v) is 13.2. The molecule has 1 aliphatic rings. The van der Waals surface area contributed by atoms with Crippen LogP contribution in [0.1, 0.15) is 23.2 Å². The predicted octanol–water partition coefficient (Wildman–Crippen LogP) is 1.75. The van der Waals surface area contributed by atoms with Crippen LogP contribution in [0.3, 0.4) is 0 Å². The summed E-state index contributed by atoms with van der Waals surface area (Å²) >= 11 is 3.36. The van der Waals surface area contributed by atoms with E-state index in [-0.39, 0.29) is 12.0 Å². The van der Waals surface area contributed by atoms with Gasteiger partial charge in [0, 0.05) is 30.8 Å². The Labute approximate surface area is 131 Å². The molecule has 21 heavy (non-hydrogen) atoms. The van der Waals surface area contributed by atoms with Gasteiger partial charge in [0.1, 0.15) is 0 Å². The van der Waals surface area contributed by atoms with Crippen LogP contribution in [0.2, 0.25) is 0 Å². The van der Waals surface area contributed by atoms with Crippen LogP contribution in [0.25, 0.3) is 5.52 Å². The second kappa shape index (κ2) is 6.53. The van der Waals surface area contributed by atoms with Crippen molar-refractivity contribution in [3.05, 3.63) is 30.4 Å². The number of aromatic nitrogens is 3. The van der Waals surface area contributed by atoms with Crippen molar-refractivity contribution in [2.75, 3.05) is 25.0 Å². The van der Waals surface area contributed by atoms with Crippen LogP contribution in [0.5, 0.6) is 0 Å². The molecule has 1 saturated heterocycles. The molecule has 0 spiro atoms. The molecule has 1 fully saturated rings. The average molecular weight is 353 g/mol. The number of ether oxygens (including phenoxy) is 1. The third-order valence-corrected chi connectivity index (χ3v) is 4.04. The number of nitrogens with zero attached hydrogens (tertiary/aromatic N) is 4. The second-order valence-corrected chi connectivity index (χ2v) is 5.81. The maximum atomic E-state index is 12.6. The number of rotatable bonds is 4. The van der Waals surface area contributed by atoms with E-state index in [0.29, 0.717) is 5.56 Å². The maximum Gasteiger partial charge on any atom is 0.257 e. The number of fused-ring (bicyclic) bond motifs is 1. The Morgan fingerprint density at radius 2 is 2.19 bits per heavy atom. The summed E-state index contributed by atoms with van der Waals surface area (Å²) in [5.74, 6) is 0.0249. The van der Waals surface area contributed by atoms with Gasteiger partial charge < -0.3 is 9.64 Å². The third-order valence-electron chi connectivity index (χ3n) is 3.72. The molecule has 3 rings (SSSR count). The molecule has 112 valence electrons. The number of carbonyl (C=O) groups is 1. The molecule has 3 heterocycles. The number of hydrogen-bond acceptors (Lipinski definition) is 4. The lowest BCUT2D eigenvalue weighted by molar-refractivity contribution is 0.0160. The smallest absolute Gasteiger partial charge is 0.257 e. The minimum atomic E-state index is 0.0249. The quantitative estimate of drug-likeness (QED) is 0.786. The molecule has 0 saturated carbocycles. The van der Waals surface area contributed by atoms with E-state index in [1.54, 1.807) is 29.3 Å². The van der Waals surface area contributed by atoms with E-state index in [0.717, 1.165) is 43.4 Å². The van der Waals surface area contributed by atoms with Gasteiger partial charge in [-0.1, -0.05) is 15.9 Å². The third kappa shape index (κ3) is 3.08. The lowest BCUT2D eigenvalue weighted by atomic mass is 10.1. The first-order chi connectivity index (χ1) is 10.3. The summed E-state index contributed by atoms with van der Waals surface area (Å²) in [4.78, 5) is 18.5. The Bertz CT molecular complexity index is 622. The summed E-state index contributed by atoms with van der Waals surface area (Å²) in [6.45, 7) is 2.17. The van der Waals surface area contributed by atoms with Crippen LogP contribution in [-0.2, 0) is 4.74 Å². The standard InChI is InChI=1S/C14H17BrN4O2/c15-3-8-21-11-1-5-18(6-2-11)14(20)12-9-17-19-7-4-16-10-13(12)19/h4,7,9-11H,1-3,5-6,8H2. The molecule has 0 radical (unpaired) electrons. The zero-order chi connectivity index (χ0) is 14.7. The molecule has 1 aliphatic heterocycles. The molecule has 2 aromatic rings. The minimum absolute atomic E-state index is 0.0249. The summed E-state index contributed by atoms with van der Waals surface area (Å²) in [5, 5.41) is 5.04. The van der Waals surface area contributed by atoms with Crippen molar-refractivity contribution in [2.45, 2.75) is 18.9 Å². The Kier molecular flexibility index (Phi) is 4.50. The van der Waals surface area contributed by atoms with Gasteiger partial charge in [0.2, 0.25) is 0 Å². The van der Waals surface area contributed by atoms with Crippen LogP contribution >= 0.6 is 15.9 Å². The fraction of sp³-hybridized carbons (Fsp3) is 0.500. The molecular formula is C14H17BrN4O2. The Hall–Kier alpha value is -1.47. The van der Waals surface area contributed by atoms with E-state index in [1.807, 2.05) is 4.90 Å². The summed E-state index contributed by atoms with van der Waals surface area (Å²) in [6, 6.07) is 0. The van der Waals surface area contributed by atoms with Crippen LogP contribution in [0.4, 0.5) is 0 Å². The van der Waals surface area contributed by atoms with Crippen molar-refractivity contribution in [1.29, 1.82) is 0 Å². The normalized spacial score (nSPS) is 16.5. The van der Waals surface area contributed by atoms with Crippen LogP contribution < -0.4 is 0 Å². The number of amides is 1. The fourth-order valence-corrected chi connectivity index (χ4v) is 2.79. The molecule has 0 aliphatic carbocycles. The Morgan fingerprint density at radius 3 is 2.95 bits per heavy atom. The molecular weight excluding hydrogens is 336 g/mol. The number of halogens is 1. The number of carbonyl (C=O) groups excluding carboxylic acids is 1. The maximum absolute atomic E-state index is 12.6. The van der Waals surface area contributed by atoms with Crippen molar-refractivity contribution in [1.82, 2.24) is 19.5 Å². The first kappa shape index (κ1) is 14.5. The van der Waals surface area contributed by atoms with Gasteiger partial charge in [-0.3, -0.25) is 9.78 Å². The molecule has 0 N–H and O–H groups in total. The summed E-state index contributed by atoms with van der Waals surface area (Å²) in [7, 11) is 0. The highest BCUT2D eigenvalue weighted by atomic mass is 79.9.